The van der Waals surface area contributed by atoms with E-state index in [0.717, 1.165) is 12.1 Å². The fraction of sp³-hybridized carbons (Fsp3) is 0.259. The van der Waals surface area contributed by atoms with E-state index in [-0.39, 0.29) is 22.9 Å². The van der Waals surface area contributed by atoms with Crippen LogP contribution in [0.25, 0.3) is 0 Å². The molecule has 2 aromatic carbocycles. The first kappa shape index (κ1) is 30.3. The van der Waals surface area contributed by atoms with Crippen LogP contribution in [-0.2, 0) is 29.0 Å². The van der Waals surface area contributed by atoms with Crippen LogP contribution in [0, 0.1) is 0 Å². The molecular weight excluding hydrogens is 577 g/mol. The van der Waals surface area contributed by atoms with E-state index in [1.165, 1.54) is 40.3 Å². The lowest BCUT2D eigenvalue weighted by Crippen LogP contribution is -2.25. The van der Waals surface area contributed by atoms with Crippen molar-refractivity contribution in [2.75, 3.05) is 10.6 Å². The number of anilines is 2. The van der Waals surface area contributed by atoms with Crippen LogP contribution < -0.4 is 21.1 Å². The Bertz CT molecular complexity index is 1580. The number of unbranched alkanes of at least 4 members (excludes halogenated alkanes) is 1. The first-order valence-corrected chi connectivity index (χ1v) is 13.5. The zero-order valence-corrected chi connectivity index (χ0v) is 22.7. The second kappa shape index (κ2) is 13.8. The Morgan fingerprint density at radius 2 is 1.81 bits per heavy atom. The molecule has 2 amide bonds. The predicted molar refractivity (Wildman–Crippen MR) is 147 cm³/mol. The summed E-state index contributed by atoms with van der Waals surface area (Å²) in [6, 6.07) is 15.0. The first-order chi connectivity index (χ1) is 20.1. The number of nitrogens with zero attached hydrogens (tertiary/aromatic N) is 4. The van der Waals surface area contributed by atoms with Gasteiger partial charge in [0.2, 0.25) is 11.0 Å². The third-order valence-electron chi connectivity index (χ3n) is 5.74. The summed E-state index contributed by atoms with van der Waals surface area (Å²) in [4.78, 5) is 40.8. The number of hydrogen-bond acceptors (Lipinski definition) is 9. The molecule has 11 nitrogen and oxygen atoms in total. The zero-order chi connectivity index (χ0) is 30.1. The minimum atomic E-state index is -4.84. The summed E-state index contributed by atoms with van der Waals surface area (Å²) in [6.45, 7) is 0.359. The molecule has 0 aliphatic rings. The molecule has 0 radical (unpaired) electrons. The number of amides is 2. The standard InChI is InChI=1S/C27H25F3N6O5S/c28-27(29,30)41-19-10-6-7-17(15-19)16-21(37)31-20-12-14-36(26(40)32-20)13-5-4-11-22-34-35-25(42-22)33-24(39)23(38)18-8-2-1-3-9-18/h1-3,6-10,12,14-15,23,38H,4-5,11,13,16H2,(H,33,35,39)(H,31,32,37,40)/t23-/m0/s1. The van der Waals surface area contributed by atoms with E-state index in [4.69, 9.17) is 0 Å². The molecular formula is C27H25F3N6O5S. The monoisotopic (exact) mass is 602 g/mol. The maximum absolute atomic E-state index is 12.4. The number of carbonyl (C=O) groups excluding carboxylic acids is 2. The number of hydrogen-bond donors (Lipinski definition) is 3. The molecule has 0 saturated carbocycles. The van der Waals surface area contributed by atoms with Gasteiger partial charge in [-0.2, -0.15) is 4.98 Å². The molecule has 2 aromatic heterocycles. The summed E-state index contributed by atoms with van der Waals surface area (Å²) in [6.07, 6.45) is -3.10. The summed E-state index contributed by atoms with van der Waals surface area (Å²) in [5, 5.41) is 24.1. The number of benzene rings is 2. The van der Waals surface area contributed by atoms with E-state index in [1.54, 1.807) is 30.3 Å². The van der Waals surface area contributed by atoms with E-state index in [0.29, 0.717) is 36.4 Å². The third kappa shape index (κ3) is 9.21. The number of aliphatic hydroxyl groups is 1. The van der Waals surface area contributed by atoms with Crippen molar-refractivity contribution in [2.45, 2.75) is 44.7 Å². The fourth-order valence-electron chi connectivity index (χ4n) is 3.82. The van der Waals surface area contributed by atoms with Crippen LogP contribution in [0.4, 0.5) is 24.1 Å². The topological polar surface area (TPSA) is 148 Å². The molecule has 0 fully saturated rings. The molecule has 0 aliphatic carbocycles. The van der Waals surface area contributed by atoms with E-state index in [9.17, 15) is 32.7 Å². The summed E-state index contributed by atoms with van der Waals surface area (Å²) in [7, 11) is 0. The minimum Gasteiger partial charge on any atom is -0.406 e. The third-order valence-corrected chi connectivity index (χ3v) is 6.64. The smallest absolute Gasteiger partial charge is 0.406 e. The Labute approximate surface area is 241 Å². The van der Waals surface area contributed by atoms with Gasteiger partial charge in [-0.05, 0) is 42.2 Å². The summed E-state index contributed by atoms with van der Waals surface area (Å²) >= 11 is 1.19. The molecule has 0 aliphatic heterocycles. The van der Waals surface area contributed by atoms with Crippen LogP contribution >= 0.6 is 11.3 Å². The highest BCUT2D eigenvalue weighted by atomic mass is 32.1. The summed E-state index contributed by atoms with van der Waals surface area (Å²) in [5.74, 6) is -1.60. The lowest BCUT2D eigenvalue weighted by atomic mass is 10.1. The van der Waals surface area contributed by atoms with Crippen LogP contribution in [0.5, 0.6) is 5.75 Å². The van der Waals surface area contributed by atoms with Gasteiger partial charge in [0.25, 0.3) is 5.91 Å². The largest absolute Gasteiger partial charge is 0.573 e. The van der Waals surface area contributed by atoms with Crippen molar-refractivity contribution < 1.29 is 32.6 Å². The van der Waals surface area contributed by atoms with Gasteiger partial charge >= 0.3 is 12.1 Å². The minimum absolute atomic E-state index is 0.0183. The average Bonchev–Trinajstić information content (AvgIpc) is 3.38. The van der Waals surface area contributed by atoms with Crippen LogP contribution in [0.2, 0.25) is 0 Å². The second-order valence-corrected chi connectivity index (χ2v) is 10.0. The van der Waals surface area contributed by atoms with E-state index >= 15 is 0 Å². The fourth-order valence-corrected chi connectivity index (χ4v) is 4.60. The quantitative estimate of drug-likeness (QED) is 0.207. The Hall–Kier alpha value is -4.63. The van der Waals surface area contributed by atoms with Crippen molar-refractivity contribution in [1.82, 2.24) is 19.7 Å². The number of rotatable bonds is 12. The molecule has 0 saturated heterocycles. The van der Waals surface area contributed by atoms with Crippen LogP contribution in [0.15, 0.2) is 71.7 Å². The van der Waals surface area contributed by atoms with E-state index in [2.05, 4.69) is 30.6 Å². The number of aromatic nitrogens is 4. The lowest BCUT2D eigenvalue weighted by Gasteiger charge is -2.10. The normalized spacial score (nSPS) is 12.0. The molecule has 0 bridgehead atoms. The number of alkyl halides is 3. The second-order valence-electron chi connectivity index (χ2n) is 8.97. The molecule has 42 heavy (non-hydrogen) atoms. The van der Waals surface area contributed by atoms with Crippen molar-refractivity contribution in [3.8, 4) is 5.75 Å². The van der Waals surface area contributed by atoms with Gasteiger partial charge in [-0.3, -0.25) is 19.5 Å². The summed E-state index contributed by atoms with van der Waals surface area (Å²) in [5.41, 5.74) is 0.174. The Morgan fingerprint density at radius 1 is 1.02 bits per heavy atom. The lowest BCUT2D eigenvalue weighted by molar-refractivity contribution is -0.274. The number of aliphatic hydroxyl groups excluding tert-OH is 1. The highest BCUT2D eigenvalue weighted by Crippen LogP contribution is 2.24. The molecule has 3 N–H and O–H groups in total. The highest BCUT2D eigenvalue weighted by Gasteiger charge is 2.31. The van der Waals surface area contributed by atoms with Crippen molar-refractivity contribution in [3.63, 3.8) is 0 Å². The predicted octanol–water partition coefficient (Wildman–Crippen LogP) is 3.87. The summed E-state index contributed by atoms with van der Waals surface area (Å²) < 4.78 is 42.5. The average molecular weight is 603 g/mol. The molecule has 2 heterocycles. The molecule has 0 spiro atoms. The maximum atomic E-state index is 12.4. The van der Waals surface area contributed by atoms with Crippen molar-refractivity contribution in [3.05, 3.63) is 93.5 Å². The van der Waals surface area contributed by atoms with Gasteiger partial charge in [-0.1, -0.05) is 53.8 Å². The van der Waals surface area contributed by atoms with Crippen molar-refractivity contribution in [1.29, 1.82) is 0 Å². The maximum Gasteiger partial charge on any atom is 0.573 e. The van der Waals surface area contributed by atoms with Crippen LogP contribution in [0.3, 0.4) is 0 Å². The molecule has 15 heteroatoms. The molecule has 4 rings (SSSR count). The molecule has 4 aromatic rings. The Kier molecular flexibility index (Phi) is 9.98. The van der Waals surface area contributed by atoms with Crippen LogP contribution in [0.1, 0.15) is 35.1 Å². The number of nitrogens with one attached hydrogen (secondary N) is 2. The van der Waals surface area contributed by atoms with Crippen molar-refractivity contribution >= 4 is 34.1 Å². The zero-order valence-electron chi connectivity index (χ0n) is 21.9. The molecule has 1 atom stereocenters. The number of aryl methyl sites for hydroxylation is 2. The van der Waals surface area contributed by atoms with Crippen LogP contribution in [-0.4, -0.2) is 43.0 Å². The number of ether oxygens (including phenoxy) is 1. The van der Waals surface area contributed by atoms with Gasteiger partial charge < -0.3 is 15.2 Å². The van der Waals surface area contributed by atoms with Gasteiger partial charge in [0.15, 0.2) is 6.10 Å². The van der Waals surface area contributed by atoms with E-state index < -0.39 is 35.7 Å². The number of halogens is 3. The molecule has 0 unspecified atom stereocenters. The Morgan fingerprint density at radius 3 is 2.55 bits per heavy atom. The van der Waals surface area contributed by atoms with E-state index in [1.807, 2.05) is 0 Å². The Balaban J connectivity index is 1.20. The van der Waals surface area contributed by atoms with Gasteiger partial charge in [0, 0.05) is 19.2 Å². The highest BCUT2D eigenvalue weighted by molar-refractivity contribution is 7.15. The SMILES string of the molecule is O=C(Cc1cccc(OC(F)(F)F)c1)Nc1ccn(CCCCc2nnc(NC(=O)[C@@H](O)c3ccccc3)s2)c(=O)n1. The van der Waals surface area contributed by atoms with Gasteiger partial charge in [0.05, 0.1) is 6.42 Å². The first-order valence-electron chi connectivity index (χ1n) is 12.6. The van der Waals surface area contributed by atoms with Crippen molar-refractivity contribution in [2.24, 2.45) is 0 Å². The number of carbonyl (C=O) groups is 2. The van der Waals surface area contributed by atoms with Gasteiger partial charge in [-0.15, -0.1) is 23.4 Å². The van der Waals surface area contributed by atoms with Gasteiger partial charge in [0.1, 0.15) is 16.6 Å². The molecule has 220 valence electrons. The van der Waals surface area contributed by atoms with Gasteiger partial charge in [-0.25, -0.2) is 4.79 Å².